The van der Waals surface area contributed by atoms with Crippen LogP contribution in [0.3, 0.4) is 0 Å². The van der Waals surface area contributed by atoms with Gasteiger partial charge in [0.15, 0.2) is 0 Å². The Hall–Kier alpha value is -1.06. The van der Waals surface area contributed by atoms with Gasteiger partial charge in [-0.05, 0) is 30.5 Å². The quantitative estimate of drug-likeness (QED) is 0.829. The van der Waals surface area contributed by atoms with Gasteiger partial charge in [0.2, 0.25) is 0 Å². The molecule has 0 spiro atoms. The first-order valence-corrected chi connectivity index (χ1v) is 7.25. The van der Waals surface area contributed by atoms with Crippen LogP contribution in [0.1, 0.15) is 45.1 Å². The molecule has 1 aromatic rings. The van der Waals surface area contributed by atoms with Crippen molar-refractivity contribution in [2.24, 2.45) is 0 Å². The average Bonchev–Trinajstić information content (AvgIpc) is 2.82. The number of hydrogen-bond acceptors (Lipinski definition) is 3. The van der Waals surface area contributed by atoms with Gasteiger partial charge < -0.3 is 15.2 Å². The van der Waals surface area contributed by atoms with Crippen LogP contribution in [0.4, 0.5) is 0 Å². The van der Waals surface area contributed by atoms with Crippen molar-refractivity contribution in [2.75, 3.05) is 6.61 Å². The summed E-state index contributed by atoms with van der Waals surface area (Å²) in [5.41, 5.74) is 0.608. The largest absolute Gasteiger partial charge is 0.491 e. The van der Waals surface area contributed by atoms with Crippen molar-refractivity contribution in [2.45, 2.75) is 57.7 Å². The van der Waals surface area contributed by atoms with Crippen LogP contribution in [0.2, 0.25) is 0 Å². The Morgan fingerprint density at radius 1 is 1.32 bits per heavy atom. The van der Waals surface area contributed by atoms with E-state index in [-0.39, 0.29) is 0 Å². The topological polar surface area (TPSA) is 41.5 Å². The van der Waals surface area contributed by atoms with Gasteiger partial charge in [0, 0.05) is 12.6 Å². The molecule has 19 heavy (non-hydrogen) atoms. The molecule has 0 radical (unpaired) electrons. The van der Waals surface area contributed by atoms with Crippen LogP contribution in [-0.4, -0.2) is 23.4 Å². The molecule has 2 N–H and O–H groups in total. The monoisotopic (exact) mass is 263 g/mol. The van der Waals surface area contributed by atoms with Gasteiger partial charge >= 0.3 is 0 Å². The van der Waals surface area contributed by atoms with E-state index in [4.69, 9.17) is 4.74 Å². The minimum Gasteiger partial charge on any atom is -0.491 e. The molecule has 1 saturated carbocycles. The van der Waals surface area contributed by atoms with E-state index in [1.165, 1.54) is 5.56 Å². The number of benzene rings is 1. The van der Waals surface area contributed by atoms with Crippen LogP contribution in [0.5, 0.6) is 5.75 Å². The number of rotatable bonds is 6. The van der Waals surface area contributed by atoms with Crippen LogP contribution < -0.4 is 10.1 Å². The predicted molar refractivity (Wildman–Crippen MR) is 77.3 cm³/mol. The Morgan fingerprint density at radius 3 is 2.74 bits per heavy atom. The maximum absolute atomic E-state index is 10.3. The third-order valence-corrected chi connectivity index (χ3v) is 3.65. The van der Waals surface area contributed by atoms with Crippen molar-refractivity contribution < 1.29 is 9.84 Å². The van der Waals surface area contributed by atoms with E-state index >= 15 is 0 Å². The second-order valence-electron chi connectivity index (χ2n) is 5.90. The molecular formula is C16H25NO2. The lowest BCUT2D eigenvalue weighted by molar-refractivity contribution is 0.00138. The van der Waals surface area contributed by atoms with Crippen LogP contribution in [0.25, 0.3) is 0 Å². The summed E-state index contributed by atoms with van der Waals surface area (Å²) in [4.78, 5) is 0. The molecule has 106 valence electrons. The third kappa shape index (κ3) is 4.51. The molecular weight excluding hydrogens is 238 g/mol. The van der Waals surface area contributed by atoms with Gasteiger partial charge in [-0.15, -0.1) is 0 Å². The lowest BCUT2D eigenvalue weighted by Gasteiger charge is -2.22. The van der Waals surface area contributed by atoms with Crippen molar-refractivity contribution >= 4 is 0 Å². The summed E-state index contributed by atoms with van der Waals surface area (Å²) in [6.07, 6.45) is 3.94. The smallest absolute Gasteiger partial charge is 0.119 e. The van der Waals surface area contributed by atoms with Crippen molar-refractivity contribution in [3.8, 4) is 5.75 Å². The highest BCUT2D eigenvalue weighted by molar-refractivity contribution is 5.28. The highest BCUT2D eigenvalue weighted by Crippen LogP contribution is 2.30. The first kappa shape index (κ1) is 14.4. The molecule has 2 rings (SSSR count). The van der Waals surface area contributed by atoms with Gasteiger partial charge in [0.1, 0.15) is 12.4 Å². The van der Waals surface area contributed by atoms with Crippen LogP contribution in [0.15, 0.2) is 24.3 Å². The Labute approximate surface area is 116 Å². The Kier molecular flexibility index (Phi) is 4.83. The minimum atomic E-state index is -0.605. The third-order valence-electron chi connectivity index (χ3n) is 3.65. The predicted octanol–water partition coefficient (Wildman–Crippen LogP) is 2.87. The molecule has 0 aliphatic heterocycles. The van der Waals surface area contributed by atoms with Gasteiger partial charge in [-0.3, -0.25) is 0 Å². The zero-order chi connectivity index (χ0) is 13.7. The number of nitrogens with one attached hydrogen (secondary N) is 1. The molecule has 0 aromatic heterocycles. The van der Waals surface area contributed by atoms with Gasteiger partial charge in [-0.2, -0.15) is 0 Å². The molecule has 1 aromatic carbocycles. The lowest BCUT2D eigenvalue weighted by Crippen LogP contribution is -2.32. The highest BCUT2D eigenvalue weighted by atomic mass is 16.5. The maximum atomic E-state index is 10.3. The van der Waals surface area contributed by atoms with Crippen LogP contribution in [0, 0.1) is 0 Å². The molecule has 0 saturated heterocycles. The Balaban J connectivity index is 1.87. The van der Waals surface area contributed by atoms with E-state index in [1.807, 2.05) is 18.2 Å². The summed E-state index contributed by atoms with van der Waals surface area (Å²) in [7, 11) is 0. The van der Waals surface area contributed by atoms with E-state index < -0.39 is 5.60 Å². The van der Waals surface area contributed by atoms with E-state index in [0.29, 0.717) is 12.6 Å². The minimum absolute atomic E-state index is 0.411. The fourth-order valence-electron chi connectivity index (χ4n) is 2.46. The van der Waals surface area contributed by atoms with Crippen LogP contribution >= 0.6 is 0 Å². The molecule has 0 unspecified atom stereocenters. The standard InChI is InChI=1S/C16H25NO2/c1-13(2)17-11-14-6-5-7-15(10-14)19-12-16(18)8-3-4-9-16/h5-7,10,13,17-18H,3-4,8-9,11-12H2,1-2H3. The Morgan fingerprint density at radius 2 is 2.05 bits per heavy atom. The molecule has 1 fully saturated rings. The van der Waals surface area contributed by atoms with E-state index in [9.17, 15) is 5.11 Å². The van der Waals surface area contributed by atoms with Crippen molar-refractivity contribution in [3.05, 3.63) is 29.8 Å². The molecule has 3 heteroatoms. The lowest BCUT2D eigenvalue weighted by atomic mass is 10.0. The molecule has 0 bridgehead atoms. The zero-order valence-electron chi connectivity index (χ0n) is 12.0. The fraction of sp³-hybridized carbons (Fsp3) is 0.625. The van der Waals surface area contributed by atoms with E-state index in [1.54, 1.807) is 0 Å². The van der Waals surface area contributed by atoms with Crippen LogP contribution in [-0.2, 0) is 6.54 Å². The first-order valence-electron chi connectivity index (χ1n) is 7.25. The van der Waals surface area contributed by atoms with Gasteiger partial charge in [-0.1, -0.05) is 38.8 Å². The molecule has 0 atom stereocenters. The van der Waals surface area contributed by atoms with Crippen molar-refractivity contribution in [1.29, 1.82) is 0 Å². The molecule has 3 nitrogen and oxygen atoms in total. The summed E-state index contributed by atoms with van der Waals surface area (Å²) < 4.78 is 5.76. The van der Waals surface area contributed by atoms with Gasteiger partial charge in [0.25, 0.3) is 0 Å². The Bertz CT molecular complexity index is 397. The first-order chi connectivity index (χ1) is 9.07. The SMILES string of the molecule is CC(C)NCc1cccc(OCC2(O)CCCC2)c1. The van der Waals surface area contributed by atoms with Gasteiger partial charge in [-0.25, -0.2) is 0 Å². The maximum Gasteiger partial charge on any atom is 0.119 e. The second-order valence-corrected chi connectivity index (χ2v) is 5.90. The summed E-state index contributed by atoms with van der Waals surface area (Å²) >= 11 is 0. The normalized spacial score (nSPS) is 17.9. The number of aliphatic hydroxyl groups is 1. The van der Waals surface area contributed by atoms with Gasteiger partial charge in [0.05, 0.1) is 5.60 Å². The summed E-state index contributed by atoms with van der Waals surface area (Å²) in [6.45, 7) is 5.53. The molecule has 1 aliphatic carbocycles. The van der Waals surface area contributed by atoms with E-state index in [0.717, 1.165) is 38.0 Å². The summed E-state index contributed by atoms with van der Waals surface area (Å²) in [5, 5.41) is 13.6. The number of ether oxygens (including phenoxy) is 1. The highest BCUT2D eigenvalue weighted by Gasteiger charge is 2.31. The van der Waals surface area contributed by atoms with E-state index in [2.05, 4.69) is 25.2 Å². The average molecular weight is 263 g/mol. The second kappa shape index (κ2) is 6.40. The molecule has 0 heterocycles. The van der Waals surface area contributed by atoms with Crippen molar-refractivity contribution in [3.63, 3.8) is 0 Å². The number of hydrogen-bond donors (Lipinski definition) is 2. The zero-order valence-corrected chi connectivity index (χ0v) is 12.0. The molecule has 0 amide bonds. The molecule has 1 aliphatic rings. The van der Waals surface area contributed by atoms with Crippen molar-refractivity contribution in [1.82, 2.24) is 5.32 Å². The summed E-state index contributed by atoms with van der Waals surface area (Å²) in [6, 6.07) is 8.58. The fourth-order valence-corrected chi connectivity index (χ4v) is 2.46. The summed E-state index contributed by atoms with van der Waals surface area (Å²) in [5.74, 6) is 0.850.